The van der Waals surface area contributed by atoms with E-state index in [4.69, 9.17) is 9.47 Å². The summed E-state index contributed by atoms with van der Waals surface area (Å²) in [5, 5.41) is 2.98. The lowest BCUT2D eigenvalue weighted by Crippen LogP contribution is -2.16. The molecule has 0 aliphatic carbocycles. The number of ether oxygens (including phenoxy) is 2. The van der Waals surface area contributed by atoms with Gasteiger partial charge in [-0.3, -0.25) is 0 Å². The summed E-state index contributed by atoms with van der Waals surface area (Å²) in [6, 6.07) is 13.9. The van der Waals surface area contributed by atoms with Gasteiger partial charge in [0, 0.05) is 15.9 Å². The minimum Gasteiger partial charge on any atom is -0.497 e. The van der Waals surface area contributed by atoms with Crippen molar-refractivity contribution in [3.05, 3.63) is 53.3 Å². The van der Waals surface area contributed by atoms with Gasteiger partial charge in [0.05, 0.1) is 14.2 Å². The van der Waals surface area contributed by atoms with Crippen molar-refractivity contribution in [3.63, 3.8) is 0 Å². The van der Waals surface area contributed by atoms with Crippen molar-refractivity contribution >= 4 is 23.3 Å². The summed E-state index contributed by atoms with van der Waals surface area (Å²) in [7, 11) is 0.445. The first-order valence-corrected chi connectivity index (χ1v) is 12.0. The van der Waals surface area contributed by atoms with Gasteiger partial charge >= 0.3 is 0 Å². The number of methoxy groups -OCH3 is 2. The van der Waals surface area contributed by atoms with Crippen LogP contribution in [-0.2, 0) is 4.57 Å². The summed E-state index contributed by atoms with van der Waals surface area (Å²) in [6.45, 7) is 4.40. The molecule has 4 heteroatoms. The Balaban J connectivity index is 2.23. The molecule has 2 aromatic rings. The molecule has 0 radical (unpaired) electrons. The SMILES string of the molecule is CCCCC1=C(CCCC)P(=O)(c2ccc(OC)cc2)c2cc(OC)ccc21. The van der Waals surface area contributed by atoms with Crippen molar-refractivity contribution < 1.29 is 14.0 Å². The zero-order chi connectivity index (χ0) is 20.1. The van der Waals surface area contributed by atoms with Crippen molar-refractivity contribution in [2.45, 2.75) is 52.4 Å². The van der Waals surface area contributed by atoms with Crippen molar-refractivity contribution in [2.75, 3.05) is 14.2 Å². The first-order valence-electron chi connectivity index (χ1n) is 10.3. The summed E-state index contributed by atoms with van der Waals surface area (Å²) >= 11 is 0. The average molecular weight is 398 g/mol. The van der Waals surface area contributed by atoms with Gasteiger partial charge in [0.15, 0.2) is 7.14 Å². The van der Waals surface area contributed by atoms with E-state index in [0.29, 0.717) is 0 Å². The van der Waals surface area contributed by atoms with Crippen LogP contribution >= 0.6 is 7.14 Å². The fourth-order valence-electron chi connectivity index (χ4n) is 4.02. The van der Waals surface area contributed by atoms with Gasteiger partial charge in [-0.1, -0.05) is 32.8 Å². The van der Waals surface area contributed by atoms with Gasteiger partial charge in [-0.25, -0.2) is 0 Å². The highest BCUT2D eigenvalue weighted by molar-refractivity contribution is 7.83. The Hall–Kier alpha value is -1.99. The van der Waals surface area contributed by atoms with Crippen LogP contribution in [0, 0.1) is 0 Å². The third kappa shape index (κ3) is 3.65. The van der Waals surface area contributed by atoms with Crippen LogP contribution < -0.4 is 20.1 Å². The molecule has 0 saturated heterocycles. The van der Waals surface area contributed by atoms with Gasteiger partial charge in [0.2, 0.25) is 0 Å². The Morgan fingerprint density at radius 3 is 2.04 bits per heavy atom. The molecule has 0 spiro atoms. The molecule has 0 amide bonds. The number of hydrogen-bond acceptors (Lipinski definition) is 3. The fraction of sp³-hybridized carbons (Fsp3) is 0.417. The standard InChI is InChI=1S/C24H31O3P/c1-5-7-9-21-22-16-13-19(27-4)17-24(22)28(25,23(21)10-8-6-2)20-14-11-18(26-3)12-15-20/h11-17H,5-10H2,1-4H3. The highest BCUT2D eigenvalue weighted by atomic mass is 31.2. The van der Waals surface area contributed by atoms with Crippen LogP contribution in [0.1, 0.15) is 57.9 Å². The van der Waals surface area contributed by atoms with E-state index in [1.54, 1.807) is 14.2 Å². The van der Waals surface area contributed by atoms with Gasteiger partial charge in [-0.05, 0) is 73.2 Å². The Morgan fingerprint density at radius 1 is 0.821 bits per heavy atom. The summed E-state index contributed by atoms with van der Waals surface area (Å²) in [4.78, 5) is 0. The molecule has 3 rings (SSSR count). The van der Waals surface area contributed by atoms with Gasteiger partial charge < -0.3 is 14.0 Å². The number of allylic oxidation sites excluding steroid dienone is 2. The molecule has 1 unspecified atom stereocenters. The Morgan fingerprint density at radius 2 is 1.43 bits per heavy atom. The summed E-state index contributed by atoms with van der Waals surface area (Å²) in [6.07, 6.45) is 6.25. The highest BCUT2D eigenvalue weighted by Crippen LogP contribution is 2.62. The lowest BCUT2D eigenvalue weighted by Gasteiger charge is -2.20. The summed E-state index contributed by atoms with van der Waals surface area (Å²) in [5.74, 6) is 1.55. The van der Waals surface area contributed by atoms with E-state index < -0.39 is 7.14 Å². The molecule has 3 nitrogen and oxygen atoms in total. The zero-order valence-electron chi connectivity index (χ0n) is 17.5. The third-order valence-electron chi connectivity index (χ3n) is 5.58. The molecule has 0 aromatic heterocycles. The van der Waals surface area contributed by atoms with Gasteiger partial charge in [-0.2, -0.15) is 0 Å². The van der Waals surface area contributed by atoms with E-state index in [0.717, 1.165) is 71.5 Å². The van der Waals surface area contributed by atoms with Crippen LogP contribution in [-0.4, -0.2) is 14.2 Å². The molecule has 28 heavy (non-hydrogen) atoms. The monoisotopic (exact) mass is 398 g/mol. The predicted molar refractivity (Wildman–Crippen MR) is 119 cm³/mol. The number of rotatable bonds is 9. The van der Waals surface area contributed by atoms with E-state index in [9.17, 15) is 4.57 Å². The largest absolute Gasteiger partial charge is 0.497 e. The van der Waals surface area contributed by atoms with Crippen LogP contribution in [0.3, 0.4) is 0 Å². The number of benzene rings is 2. The molecule has 0 N–H and O–H groups in total. The quantitative estimate of drug-likeness (QED) is 0.477. The second-order valence-corrected chi connectivity index (χ2v) is 10.1. The highest BCUT2D eigenvalue weighted by Gasteiger charge is 2.41. The number of hydrogen-bond donors (Lipinski definition) is 0. The van der Waals surface area contributed by atoms with Gasteiger partial charge in [0.1, 0.15) is 11.5 Å². The van der Waals surface area contributed by atoms with Crippen LogP contribution in [0.15, 0.2) is 47.8 Å². The van der Waals surface area contributed by atoms with Gasteiger partial charge in [-0.15, -0.1) is 0 Å². The van der Waals surface area contributed by atoms with Crippen molar-refractivity contribution in [1.82, 2.24) is 0 Å². The Kier molecular flexibility index (Phi) is 6.67. The minimum atomic E-state index is -2.87. The topological polar surface area (TPSA) is 35.5 Å². The van der Waals surface area contributed by atoms with Gasteiger partial charge in [0.25, 0.3) is 0 Å². The summed E-state index contributed by atoms with van der Waals surface area (Å²) in [5.41, 5.74) is 2.45. The molecular weight excluding hydrogens is 367 g/mol. The smallest absolute Gasteiger partial charge is 0.168 e. The maximum Gasteiger partial charge on any atom is 0.168 e. The Labute approximate surface area is 169 Å². The van der Waals surface area contributed by atoms with Crippen molar-refractivity contribution in [3.8, 4) is 11.5 Å². The van der Waals surface area contributed by atoms with Crippen LogP contribution in [0.5, 0.6) is 11.5 Å². The molecular formula is C24H31O3P. The molecule has 1 heterocycles. The van der Waals surface area contributed by atoms with Crippen LogP contribution in [0.25, 0.3) is 5.57 Å². The predicted octanol–water partition coefficient (Wildman–Crippen LogP) is 6.12. The summed E-state index contributed by atoms with van der Waals surface area (Å²) < 4.78 is 25.6. The van der Waals surface area contributed by atoms with Crippen LogP contribution in [0.4, 0.5) is 0 Å². The van der Waals surface area contributed by atoms with E-state index in [1.807, 2.05) is 36.4 Å². The molecule has 0 bridgehead atoms. The molecule has 150 valence electrons. The van der Waals surface area contributed by atoms with E-state index in [2.05, 4.69) is 19.9 Å². The lowest BCUT2D eigenvalue weighted by atomic mass is 9.98. The number of unbranched alkanes of at least 4 members (excludes halogenated alkanes) is 2. The lowest BCUT2D eigenvalue weighted by molar-refractivity contribution is 0.415. The van der Waals surface area contributed by atoms with E-state index in [1.165, 1.54) is 5.57 Å². The molecule has 1 atom stereocenters. The van der Waals surface area contributed by atoms with E-state index >= 15 is 0 Å². The zero-order valence-corrected chi connectivity index (χ0v) is 18.4. The molecule has 1 aliphatic heterocycles. The van der Waals surface area contributed by atoms with Crippen molar-refractivity contribution in [2.24, 2.45) is 0 Å². The number of fused-ring (bicyclic) bond motifs is 1. The minimum absolute atomic E-state index is 0.763. The second-order valence-electron chi connectivity index (χ2n) is 7.32. The maximum absolute atomic E-state index is 14.8. The van der Waals surface area contributed by atoms with E-state index in [-0.39, 0.29) is 0 Å². The average Bonchev–Trinajstić information content (AvgIpc) is 2.98. The van der Waals surface area contributed by atoms with Crippen LogP contribution in [0.2, 0.25) is 0 Å². The first-order chi connectivity index (χ1) is 13.6. The molecule has 0 fully saturated rings. The molecule has 2 aromatic carbocycles. The molecule has 1 aliphatic rings. The first kappa shape index (κ1) is 20.7. The Bertz CT molecular complexity index is 897. The van der Waals surface area contributed by atoms with Crippen molar-refractivity contribution in [1.29, 1.82) is 0 Å². The maximum atomic E-state index is 14.8. The molecule has 0 saturated carbocycles. The third-order valence-corrected chi connectivity index (χ3v) is 8.91. The fourth-order valence-corrected chi connectivity index (χ4v) is 7.41. The normalized spacial score (nSPS) is 18.3. The second kappa shape index (κ2) is 9.01.